The number of ether oxygens (including phenoxy) is 2. The van der Waals surface area contributed by atoms with Gasteiger partial charge in [0.25, 0.3) is 0 Å². The largest absolute Gasteiger partial charge is 0.497 e. The molecule has 1 aliphatic heterocycles. The molecule has 0 aromatic heterocycles. The van der Waals surface area contributed by atoms with E-state index < -0.39 is 5.41 Å². The number of anilines is 3. The average Bonchev–Trinajstić information content (AvgIpc) is 2.72. The van der Waals surface area contributed by atoms with Gasteiger partial charge in [-0.3, -0.25) is 4.79 Å². The normalized spacial score (nSPS) is 15.3. The summed E-state index contributed by atoms with van der Waals surface area (Å²) < 4.78 is 11.0. The van der Waals surface area contributed by atoms with Crippen LogP contribution < -0.4 is 25.0 Å². The number of hydrogen-bond donors (Lipinski definition) is 2. The van der Waals surface area contributed by atoms with Gasteiger partial charge in [0.05, 0.1) is 18.2 Å². The summed E-state index contributed by atoms with van der Waals surface area (Å²) in [5.41, 5.74) is 1.23. The molecule has 0 atom stereocenters. The van der Waals surface area contributed by atoms with Crippen molar-refractivity contribution in [1.29, 1.82) is 0 Å². The van der Waals surface area contributed by atoms with Crippen molar-refractivity contribution in [3.8, 4) is 11.5 Å². The third kappa shape index (κ3) is 3.97. The van der Waals surface area contributed by atoms with E-state index in [9.17, 15) is 9.59 Å². The first-order valence-corrected chi connectivity index (χ1v) is 8.57. The molecule has 3 rings (SSSR count). The quantitative estimate of drug-likeness (QED) is 0.864. The van der Waals surface area contributed by atoms with Crippen LogP contribution in [0.3, 0.4) is 0 Å². The van der Waals surface area contributed by atoms with Crippen LogP contribution in [0.25, 0.3) is 0 Å². The SMILES string of the molecule is COc1cccc(NC(=O)Nc2ccc3c(c2)OCC(C)(C)C(=O)N3C)c1. The number of hydrogen-bond acceptors (Lipinski definition) is 4. The molecule has 0 aliphatic carbocycles. The van der Waals surface area contributed by atoms with Gasteiger partial charge in [-0.05, 0) is 38.1 Å². The molecule has 2 aromatic carbocycles. The van der Waals surface area contributed by atoms with Crippen LogP contribution >= 0.6 is 0 Å². The van der Waals surface area contributed by atoms with Gasteiger partial charge < -0.3 is 25.0 Å². The number of amides is 3. The Hall–Kier alpha value is -3.22. The molecule has 27 heavy (non-hydrogen) atoms. The fraction of sp³-hybridized carbons (Fsp3) is 0.300. The summed E-state index contributed by atoms with van der Waals surface area (Å²) in [6.45, 7) is 3.96. The molecule has 0 spiro atoms. The lowest BCUT2D eigenvalue weighted by atomic mass is 9.93. The molecule has 0 saturated heterocycles. The van der Waals surface area contributed by atoms with Crippen LogP contribution in [0, 0.1) is 5.41 Å². The van der Waals surface area contributed by atoms with Crippen LogP contribution in [0.15, 0.2) is 42.5 Å². The van der Waals surface area contributed by atoms with Crippen molar-refractivity contribution in [1.82, 2.24) is 0 Å². The van der Waals surface area contributed by atoms with Crippen LogP contribution in [0.1, 0.15) is 13.8 Å². The predicted octanol–water partition coefficient (Wildman–Crippen LogP) is 3.72. The Kier molecular flexibility index (Phi) is 4.94. The number of rotatable bonds is 3. The second-order valence-corrected chi connectivity index (χ2v) is 7.03. The van der Waals surface area contributed by atoms with Gasteiger partial charge in [-0.1, -0.05) is 6.07 Å². The van der Waals surface area contributed by atoms with Crippen molar-refractivity contribution >= 4 is 29.0 Å². The molecule has 0 fully saturated rings. The van der Waals surface area contributed by atoms with Crippen LogP contribution in [0.2, 0.25) is 0 Å². The Morgan fingerprint density at radius 3 is 2.56 bits per heavy atom. The Morgan fingerprint density at radius 2 is 1.85 bits per heavy atom. The topological polar surface area (TPSA) is 79.9 Å². The molecular formula is C20H23N3O4. The number of fused-ring (bicyclic) bond motifs is 1. The molecule has 0 saturated carbocycles. The zero-order valence-corrected chi connectivity index (χ0v) is 15.8. The zero-order chi connectivity index (χ0) is 19.6. The minimum Gasteiger partial charge on any atom is -0.497 e. The Bertz CT molecular complexity index is 879. The minimum atomic E-state index is -0.620. The second kappa shape index (κ2) is 7.19. The highest BCUT2D eigenvalue weighted by Gasteiger charge is 2.36. The first kappa shape index (κ1) is 18.6. The van der Waals surface area contributed by atoms with Gasteiger partial charge in [0.15, 0.2) is 0 Å². The molecule has 0 radical (unpaired) electrons. The highest BCUT2D eigenvalue weighted by molar-refractivity contribution is 6.01. The Labute approximate surface area is 158 Å². The van der Waals surface area contributed by atoms with Crippen molar-refractivity contribution in [2.75, 3.05) is 36.3 Å². The van der Waals surface area contributed by atoms with Crippen LogP contribution in [-0.4, -0.2) is 32.7 Å². The maximum atomic E-state index is 12.5. The van der Waals surface area contributed by atoms with Gasteiger partial charge in [0.2, 0.25) is 5.91 Å². The maximum Gasteiger partial charge on any atom is 0.323 e. The fourth-order valence-corrected chi connectivity index (χ4v) is 2.86. The first-order valence-electron chi connectivity index (χ1n) is 8.57. The lowest BCUT2D eigenvalue weighted by molar-refractivity contribution is -0.127. The summed E-state index contributed by atoms with van der Waals surface area (Å²) in [4.78, 5) is 26.4. The lowest BCUT2D eigenvalue weighted by Gasteiger charge is -2.24. The maximum absolute atomic E-state index is 12.5. The monoisotopic (exact) mass is 369 g/mol. The van der Waals surface area contributed by atoms with E-state index >= 15 is 0 Å². The average molecular weight is 369 g/mol. The number of methoxy groups -OCH3 is 1. The van der Waals surface area contributed by atoms with Gasteiger partial charge in [0.1, 0.15) is 18.1 Å². The molecule has 142 valence electrons. The van der Waals surface area contributed by atoms with Gasteiger partial charge in [-0.2, -0.15) is 0 Å². The van der Waals surface area contributed by atoms with Crippen molar-refractivity contribution in [2.24, 2.45) is 5.41 Å². The van der Waals surface area contributed by atoms with Crippen LogP contribution in [-0.2, 0) is 4.79 Å². The van der Waals surface area contributed by atoms with E-state index in [0.717, 1.165) is 0 Å². The van der Waals surface area contributed by atoms with Crippen molar-refractivity contribution < 1.29 is 19.1 Å². The van der Waals surface area contributed by atoms with E-state index in [1.54, 1.807) is 61.5 Å². The number of urea groups is 1. The van der Waals surface area contributed by atoms with E-state index in [0.29, 0.717) is 28.6 Å². The number of nitrogens with zero attached hydrogens (tertiary/aromatic N) is 1. The molecule has 7 heteroatoms. The van der Waals surface area contributed by atoms with Gasteiger partial charge >= 0.3 is 6.03 Å². The summed E-state index contributed by atoms with van der Waals surface area (Å²) in [7, 11) is 3.29. The fourth-order valence-electron chi connectivity index (χ4n) is 2.86. The zero-order valence-electron chi connectivity index (χ0n) is 15.8. The van der Waals surface area contributed by atoms with Crippen LogP contribution in [0.4, 0.5) is 21.9 Å². The highest BCUT2D eigenvalue weighted by atomic mass is 16.5. The molecule has 0 unspecified atom stereocenters. The smallest absolute Gasteiger partial charge is 0.323 e. The summed E-state index contributed by atoms with van der Waals surface area (Å²) in [6.07, 6.45) is 0. The van der Waals surface area contributed by atoms with Gasteiger partial charge in [-0.15, -0.1) is 0 Å². The number of benzene rings is 2. The predicted molar refractivity (Wildman–Crippen MR) is 105 cm³/mol. The summed E-state index contributed by atoms with van der Waals surface area (Å²) in [6, 6.07) is 11.9. The molecule has 7 nitrogen and oxygen atoms in total. The third-order valence-corrected chi connectivity index (χ3v) is 4.38. The van der Waals surface area contributed by atoms with E-state index in [1.165, 1.54) is 0 Å². The van der Waals surface area contributed by atoms with E-state index in [4.69, 9.17) is 9.47 Å². The molecule has 2 N–H and O–H groups in total. The Morgan fingerprint density at radius 1 is 1.15 bits per heavy atom. The summed E-state index contributed by atoms with van der Waals surface area (Å²) in [5, 5.41) is 5.52. The van der Waals surface area contributed by atoms with Crippen molar-refractivity contribution in [3.63, 3.8) is 0 Å². The van der Waals surface area contributed by atoms with Crippen LogP contribution in [0.5, 0.6) is 11.5 Å². The number of carbonyl (C=O) groups is 2. The first-order chi connectivity index (χ1) is 12.8. The third-order valence-electron chi connectivity index (χ3n) is 4.38. The van der Waals surface area contributed by atoms with Gasteiger partial charge in [0, 0.05) is 30.6 Å². The Balaban J connectivity index is 1.75. The number of carbonyl (C=O) groups excluding carboxylic acids is 2. The highest BCUT2D eigenvalue weighted by Crippen LogP contribution is 2.37. The number of nitrogens with one attached hydrogen (secondary N) is 2. The minimum absolute atomic E-state index is 0.0160. The second-order valence-electron chi connectivity index (χ2n) is 7.03. The molecule has 0 bridgehead atoms. The van der Waals surface area contributed by atoms with E-state index in [1.807, 2.05) is 13.8 Å². The molecule has 1 heterocycles. The molecular weight excluding hydrogens is 346 g/mol. The molecule has 3 amide bonds. The van der Waals surface area contributed by atoms with Crippen molar-refractivity contribution in [3.05, 3.63) is 42.5 Å². The lowest BCUT2D eigenvalue weighted by Crippen LogP contribution is -2.39. The summed E-state index contributed by atoms with van der Waals surface area (Å²) >= 11 is 0. The van der Waals surface area contributed by atoms with E-state index in [2.05, 4.69) is 10.6 Å². The molecule has 2 aromatic rings. The van der Waals surface area contributed by atoms with E-state index in [-0.39, 0.29) is 18.5 Å². The van der Waals surface area contributed by atoms with Gasteiger partial charge in [-0.25, -0.2) is 4.79 Å². The summed E-state index contributed by atoms with van der Waals surface area (Å²) in [5.74, 6) is 1.19. The van der Waals surface area contributed by atoms with Crippen molar-refractivity contribution in [2.45, 2.75) is 13.8 Å². The molecule has 1 aliphatic rings. The standard InChI is InChI=1S/C20H23N3O4/c1-20(2)12-27-17-11-14(8-9-16(17)23(3)18(20)24)22-19(25)21-13-6-5-7-15(10-13)26-4/h5-11H,12H2,1-4H3,(H2,21,22,25).